The van der Waals surface area contributed by atoms with Gasteiger partial charge in [-0.25, -0.2) is 9.97 Å². The fourth-order valence-electron chi connectivity index (χ4n) is 3.49. The molecule has 144 valence electrons. The summed E-state index contributed by atoms with van der Waals surface area (Å²) < 4.78 is 5.59. The summed E-state index contributed by atoms with van der Waals surface area (Å²) in [5, 5.41) is 6.76. The molecule has 1 fully saturated rings. The first-order valence-electron chi connectivity index (χ1n) is 9.47. The highest BCUT2D eigenvalue weighted by Gasteiger charge is 2.32. The molecular formula is C18H30N6O2. The van der Waals surface area contributed by atoms with Gasteiger partial charge in [0.15, 0.2) is 0 Å². The van der Waals surface area contributed by atoms with E-state index in [-0.39, 0.29) is 18.1 Å². The van der Waals surface area contributed by atoms with Gasteiger partial charge in [0.25, 0.3) is 0 Å². The molecule has 26 heavy (non-hydrogen) atoms. The van der Waals surface area contributed by atoms with Gasteiger partial charge >= 0.3 is 0 Å². The molecule has 1 unspecified atom stereocenters. The number of hydrogen-bond acceptors (Lipinski definition) is 7. The van der Waals surface area contributed by atoms with E-state index in [0.717, 1.165) is 56.3 Å². The highest BCUT2D eigenvalue weighted by atomic mass is 16.5. The number of carbonyl (C=O) groups is 1. The third kappa shape index (κ3) is 4.42. The molecule has 8 heteroatoms. The smallest absolute Gasteiger partial charge is 0.242 e. The number of fused-ring (bicyclic) bond motifs is 1. The van der Waals surface area contributed by atoms with Crippen LogP contribution in [0.15, 0.2) is 6.33 Å². The number of anilines is 2. The molecule has 3 heterocycles. The van der Waals surface area contributed by atoms with Crippen molar-refractivity contribution in [3.05, 3.63) is 11.9 Å². The molecule has 8 nitrogen and oxygen atoms in total. The fourth-order valence-corrected chi connectivity index (χ4v) is 3.49. The van der Waals surface area contributed by atoms with Crippen molar-refractivity contribution in [3.8, 4) is 0 Å². The van der Waals surface area contributed by atoms with Crippen LogP contribution >= 0.6 is 0 Å². The number of rotatable bonds is 7. The van der Waals surface area contributed by atoms with Crippen LogP contribution in [0.2, 0.25) is 0 Å². The summed E-state index contributed by atoms with van der Waals surface area (Å²) in [7, 11) is 1.92. The van der Waals surface area contributed by atoms with Crippen LogP contribution in [-0.2, 0) is 16.1 Å². The summed E-state index contributed by atoms with van der Waals surface area (Å²) in [6.45, 7) is 8.29. The second-order valence-corrected chi connectivity index (χ2v) is 7.25. The van der Waals surface area contributed by atoms with Gasteiger partial charge in [0.2, 0.25) is 5.91 Å². The molecule has 0 aromatic carbocycles. The van der Waals surface area contributed by atoms with Crippen LogP contribution in [0.1, 0.15) is 32.3 Å². The Morgan fingerprint density at radius 1 is 1.38 bits per heavy atom. The van der Waals surface area contributed by atoms with E-state index in [0.29, 0.717) is 13.1 Å². The van der Waals surface area contributed by atoms with Gasteiger partial charge in [0, 0.05) is 32.8 Å². The van der Waals surface area contributed by atoms with Crippen molar-refractivity contribution >= 4 is 17.5 Å². The largest absolute Gasteiger partial charge is 0.379 e. The monoisotopic (exact) mass is 362 g/mol. The molecular weight excluding hydrogens is 332 g/mol. The molecule has 0 spiro atoms. The quantitative estimate of drug-likeness (QED) is 0.696. The summed E-state index contributed by atoms with van der Waals surface area (Å²) in [5.74, 6) is 1.80. The molecule has 1 amide bonds. The van der Waals surface area contributed by atoms with E-state index >= 15 is 0 Å². The summed E-state index contributed by atoms with van der Waals surface area (Å²) in [6.07, 6.45) is 3.72. The van der Waals surface area contributed by atoms with Crippen LogP contribution in [-0.4, -0.2) is 72.8 Å². The first-order chi connectivity index (χ1) is 12.6. The van der Waals surface area contributed by atoms with Gasteiger partial charge in [-0.05, 0) is 33.2 Å². The number of nitrogens with one attached hydrogen (secondary N) is 2. The van der Waals surface area contributed by atoms with Gasteiger partial charge < -0.3 is 25.2 Å². The Morgan fingerprint density at radius 3 is 2.96 bits per heavy atom. The molecule has 2 aliphatic rings. The Labute approximate surface area is 155 Å². The number of aromatic nitrogens is 2. The van der Waals surface area contributed by atoms with Crippen molar-refractivity contribution in [1.29, 1.82) is 0 Å². The van der Waals surface area contributed by atoms with Crippen molar-refractivity contribution in [2.75, 3.05) is 50.1 Å². The van der Waals surface area contributed by atoms with E-state index in [1.807, 2.05) is 30.7 Å². The zero-order valence-corrected chi connectivity index (χ0v) is 16.0. The highest BCUT2D eigenvalue weighted by molar-refractivity contribution is 5.84. The van der Waals surface area contributed by atoms with Crippen LogP contribution in [0.5, 0.6) is 0 Å². The van der Waals surface area contributed by atoms with E-state index in [4.69, 9.17) is 4.74 Å². The number of nitrogens with zero attached hydrogens (tertiary/aromatic N) is 4. The van der Waals surface area contributed by atoms with Gasteiger partial charge in [-0.1, -0.05) is 0 Å². The van der Waals surface area contributed by atoms with Crippen molar-refractivity contribution in [1.82, 2.24) is 20.2 Å². The fraction of sp³-hybridized carbons (Fsp3) is 0.722. The maximum absolute atomic E-state index is 12.7. The second-order valence-electron chi connectivity index (χ2n) is 7.25. The predicted molar refractivity (Wildman–Crippen MR) is 101 cm³/mol. The van der Waals surface area contributed by atoms with E-state index in [1.54, 1.807) is 6.33 Å². The third-order valence-electron chi connectivity index (χ3n) is 4.85. The lowest BCUT2D eigenvalue weighted by atomic mass is 10.2. The molecule has 2 aliphatic heterocycles. The Bertz CT molecular complexity index is 618. The summed E-state index contributed by atoms with van der Waals surface area (Å²) in [4.78, 5) is 25.5. The first kappa shape index (κ1) is 18.8. The standard InChI is InChI=1S/C18H30N6O2/c1-13(2)26-8-4-6-20-17-15-10-24(14-5-7-19-9-14)16(25)11-23(3)18(15)22-12-21-17/h12-14,19H,4-11H2,1-3H3,(H,20,21,22). The van der Waals surface area contributed by atoms with Gasteiger partial charge in [-0.3, -0.25) is 4.79 Å². The predicted octanol–water partition coefficient (Wildman–Crippen LogP) is 0.844. The Balaban J connectivity index is 1.73. The molecule has 3 rings (SSSR count). The first-order valence-corrected chi connectivity index (χ1v) is 9.47. The Morgan fingerprint density at radius 2 is 2.23 bits per heavy atom. The zero-order valence-electron chi connectivity index (χ0n) is 16.0. The number of hydrogen-bond donors (Lipinski definition) is 2. The number of ether oxygens (including phenoxy) is 1. The molecule has 0 bridgehead atoms. The topological polar surface area (TPSA) is 82.6 Å². The summed E-state index contributed by atoms with van der Waals surface area (Å²) in [5.41, 5.74) is 0.998. The van der Waals surface area contributed by atoms with Crippen LogP contribution in [0.3, 0.4) is 0 Å². The molecule has 1 atom stereocenters. The van der Waals surface area contributed by atoms with E-state index < -0.39 is 0 Å². The molecule has 0 radical (unpaired) electrons. The van der Waals surface area contributed by atoms with E-state index in [1.165, 1.54) is 0 Å². The summed E-state index contributed by atoms with van der Waals surface area (Å²) in [6, 6.07) is 0.245. The van der Waals surface area contributed by atoms with Crippen LogP contribution in [0.4, 0.5) is 11.6 Å². The lowest BCUT2D eigenvalue weighted by molar-refractivity contribution is -0.132. The molecule has 0 aliphatic carbocycles. The van der Waals surface area contributed by atoms with Crippen molar-refractivity contribution in [2.45, 2.75) is 45.4 Å². The van der Waals surface area contributed by atoms with Gasteiger partial charge in [0.05, 0.1) is 24.8 Å². The van der Waals surface area contributed by atoms with Crippen LogP contribution < -0.4 is 15.5 Å². The van der Waals surface area contributed by atoms with Gasteiger partial charge in [0.1, 0.15) is 18.0 Å². The highest BCUT2D eigenvalue weighted by Crippen LogP contribution is 2.29. The number of carbonyl (C=O) groups excluding carboxylic acids is 1. The molecule has 1 aromatic rings. The van der Waals surface area contributed by atoms with E-state index in [2.05, 4.69) is 20.6 Å². The minimum Gasteiger partial charge on any atom is -0.379 e. The van der Waals surface area contributed by atoms with Crippen molar-refractivity contribution in [2.24, 2.45) is 0 Å². The SMILES string of the molecule is CC(C)OCCCNc1ncnc2c1CN(C1CCNC1)C(=O)CN2C. The second kappa shape index (κ2) is 8.64. The minimum absolute atomic E-state index is 0.149. The zero-order chi connectivity index (χ0) is 18.5. The lowest BCUT2D eigenvalue weighted by Crippen LogP contribution is -2.43. The van der Waals surface area contributed by atoms with Gasteiger partial charge in [-0.2, -0.15) is 0 Å². The third-order valence-corrected chi connectivity index (χ3v) is 4.85. The van der Waals surface area contributed by atoms with Crippen LogP contribution in [0.25, 0.3) is 0 Å². The van der Waals surface area contributed by atoms with Gasteiger partial charge in [-0.15, -0.1) is 0 Å². The molecule has 1 aromatic heterocycles. The van der Waals surface area contributed by atoms with E-state index in [9.17, 15) is 4.79 Å². The Hall–Kier alpha value is -1.93. The number of amides is 1. The average Bonchev–Trinajstić information content (AvgIpc) is 3.09. The maximum atomic E-state index is 12.7. The minimum atomic E-state index is 0.149. The molecule has 2 N–H and O–H groups in total. The molecule has 0 saturated carbocycles. The van der Waals surface area contributed by atoms with Crippen molar-refractivity contribution < 1.29 is 9.53 Å². The van der Waals surface area contributed by atoms with Crippen LogP contribution in [0, 0.1) is 0 Å². The number of likely N-dealkylation sites (N-methyl/N-ethyl adjacent to an activating group) is 1. The molecule has 1 saturated heterocycles. The average molecular weight is 362 g/mol. The normalized spacial score (nSPS) is 20.5. The Kier molecular flexibility index (Phi) is 6.26. The maximum Gasteiger partial charge on any atom is 0.242 e. The lowest BCUT2D eigenvalue weighted by Gasteiger charge is -2.27. The van der Waals surface area contributed by atoms with Crippen molar-refractivity contribution in [3.63, 3.8) is 0 Å². The summed E-state index contributed by atoms with van der Waals surface area (Å²) >= 11 is 0.